The minimum Gasteiger partial charge on any atom is -0.497 e. The minimum absolute atomic E-state index is 0.0144. The molecule has 2 heterocycles. The Kier molecular flexibility index (Phi) is 6.37. The van der Waals surface area contributed by atoms with Gasteiger partial charge in [-0.25, -0.2) is 4.68 Å². The van der Waals surface area contributed by atoms with Crippen LogP contribution in [0.15, 0.2) is 47.1 Å². The van der Waals surface area contributed by atoms with E-state index >= 15 is 0 Å². The van der Waals surface area contributed by atoms with Crippen molar-refractivity contribution in [3.05, 3.63) is 59.8 Å². The second-order valence-corrected chi connectivity index (χ2v) is 8.64. The maximum atomic E-state index is 5.67. The molecule has 3 aromatic rings. The van der Waals surface area contributed by atoms with E-state index in [1.54, 1.807) is 13.4 Å². The van der Waals surface area contributed by atoms with E-state index in [1.807, 2.05) is 28.9 Å². The number of hydrogen-bond acceptors (Lipinski definition) is 6. The van der Waals surface area contributed by atoms with Gasteiger partial charge in [0.05, 0.1) is 31.5 Å². The summed E-state index contributed by atoms with van der Waals surface area (Å²) in [5, 5.41) is 12.7. The molecule has 0 aliphatic rings. The molecule has 0 amide bonds. The highest BCUT2D eigenvalue weighted by molar-refractivity contribution is 5.28. The topological polar surface area (TPSA) is 69.2 Å². The van der Waals surface area contributed by atoms with E-state index in [2.05, 4.69) is 67.2 Å². The lowest BCUT2D eigenvalue weighted by molar-refractivity contribution is 0.111. The number of benzene rings is 1. The van der Waals surface area contributed by atoms with Gasteiger partial charge in [-0.2, -0.15) is 0 Å². The third-order valence-corrected chi connectivity index (χ3v) is 4.88. The molecule has 0 saturated carbocycles. The molecule has 7 nitrogen and oxygen atoms in total. The van der Waals surface area contributed by atoms with E-state index in [-0.39, 0.29) is 11.6 Å². The average molecular weight is 398 g/mol. The molecule has 0 unspecified atom stereocenters. The van der Waals surface area contributed by atoms with Gasteiger partial charge in [-0.15, -0.1) is 5.10 Å². The van der Waals surface area contributed by atoms with Crippen LogP contribution in [-0.4, -0.2) is 32.2 Å². The largest absolute Gasteiger partial charge is 0.497 e. The summed E-state index contributed by atoms with van der Waals surface area (Å²) >= 11 is 0. The lowest BCUT2D eigenvalue weighted by atomic mass is 9.99. The van der Waals surface area contributed by atoms with Gasteiger partial charge in [0.25, 0.3) is 0 Å². The van der Waals surface area contributed by atoms with Gasteiger partial charge in [0.2, 0.25) is 0 Å². The molecule has 1 aromatic carbocycles. The monoisotopic (exact) mass is 397 g/mol. The molecular formula is C22H31N5O2. The predicted octanol–water partition coefficient (Wildman–Crippen LogP) is 4.43. The first-order valence-electron chi connectivity index (χ1n) is 9.97. The van der Waals surface area contributed by atoms with Crippen LogP contribution in [0, 0.1) is 5.92 Å². The Balaban J connectivity index is 2.01. The number of nitrogens with zero attached hydrogens (tertiary/aromatic N) is 5. The molecule has 0 bridgehead atoms. The van der Waals surface area contributed by atoms with E-state index in [4.69, 9.17) is 9.15 Å². The zero-order valence-corrected chi connectivity index (χ0v) is 18.2. The summed E-state index contributed by atoms with van der Waals surface area (Å²) in [6.07, 6.45) is 1.71. The van der Waals surface area contributed by atoms with Crippen molar-refractivity contribution in [2.75, 3.05) is 7.11 Å². The summed E-state index contributed by atoms with van der Waals surface area (Å²) < 4.78 is 13.0. The zero-order valence-electron chi connectivity index (χ0n) is 18.2. The Labute approximate surface area is 172 Å². The number of ether oxygens (including phenoxy) is 1. The predicted molar refractivity (Wildman–Crippen MR) is 111 cm³/mol. The molecule has 7 heteroatoms. The Morgan fingerprint density at radius 3 is 2.55 bits per heavy atom. The number of hydrogen-bond donors (Lipinski definition) is 0. The maximum Gasteiger partial charge on any atom is 0.169 e. The lowest BCUT2D eigenvalue weighted by Gasteiger charge is -2.34. The fourth-order valence-electron chi connectivity index (χ4n) is 3.60. The van der Waals surface area contributed by atoms with Crippen molar-refractivity contribution < 1.29 is 9.15 Å². The van der Waals surface area contributed by atoms with Crippen LogP contribution in [0.2, 0.25) is 0 Å². The molecule has 1 atom stereocenters. The van der Waals surface area contributed by atoms with Gasteiger partial charge >= 0.3 is 0 Å². The van der Waals surface area contributed by atoms with Gasteiger partial charge in [-0.3, -0.25) is 4.90 Å². The first kappa shape index (κ1) is 21.0. The molecule has 0 aliphatic heterocycles. The Bertz CT molecular complexity index is 896. The third kappa shape index (κ3) is 5.03. The summed E-state index contributed by atoms with van der Waals surface area (Å²) in [5.41, 5.74) is 0.953. The molecule has 156 valence electrons. The quantitative estimate of drug-likeness (QED) is 0.560. The van der Waals surface area contributed by atoms with Crippen molar-refractivity contribution in [2.45, 2.75) is 59.3 Å². The summed E-state index contributed by atoms with van der Waals surface area (Å²) in [4.78, 5) is 2.37. The van der Waals surface area contributed by atoms with Gasteiger partial charge in [0, 0.05) is 6.54 Å². The van der Waals surface area contributed by atoms with Crippen LogP contribution >= 0.6 is 0 Å². The van der Waals surface area contributed by atoms with E-state index in [9.17, 15) is 0 Å². The van der Waals surface area contributed by atoms with Gasteiger partial charge in [0.15, 0.2) is 5.82 Å². The van der Waals surface area contributed by atoms with E-state index in [0.29, 0.717) is 12.5 Å². The molecule has 0 radical (unpaired) electrons. The fraction of sp³-hybridized carbons (Fsp3) is 0.500. The molecule has 0 N–H and O–H groups in total. The second kappa shape index (κ2) is 8.78. The second-order valence-electron chi connectivity index (χ2n) is 8.64. The van der Waals surface area contributed by atoms with Crippen LogP contribution in [0.1, 0.15) is 57.8 Å². The molecule has 0 aliphatic carbocycles. The Hall–Kier alpha value is -2.67. The number of rotatable bonds is 8. The molecule has 2 aromatic heterocycles. The summed E-state index contributed by atoms with van der Waals surface area (Å²) in [5.74, 6) is 2.92. The first-order chi connectivity index (χ1) is 13.8. The highest BCUT2D eigenvalue weighted by Crippen LogP contribution is 2.32. The molecule has 0 fully saturated rings. The lowest BCUT2D eigenvalue weighted by Crippen LogP contribution is -2.36. The van der Waals surface area contributed by atoms with Crippen LogP contribution in [0.3, 0.4) is 0 Å². The van der Waals surface area contributed by atoms with Gasteiger partial charge in [0.1, 0.15) is 11.5 Å². The number of methoxy groups -OCH3 is 1. The maximum absolute atomic E-state index is 5.67. The fourth-order valence-corrected chi connectivity index (χ4v) is 3.60. The van der Waals surface area contributed by atoms with E-state index in [0.717, 1.165) is 29.4 Å². The van der Waals surface area contributed by atoms with E-state index < -0.39 is 0 Å². The van der Waals surface area contributed by atoms with Crippen molar-refractivity contribution in [1.29, 1.82) is 0 Å². The van der Waals surface area contributed by atoms with Crippen LogP contribution < -0.4 is 4.74 Å². The van der Waals surface area contributed by atoms with Crippen molar-refractivity contribution in [3.8, 4) is 5.75 Å². The van der Waals surface area contributed by atoms with Crippen LogP contribution in [0.5, 0.6) is 5.75 Å². The van der Waals surface area contributed by atoms with Crippen molar-refractivity contribution in [3.63, 3.8) is 0 Å². The van der Waals surface area contributed by atoms with Crippen LogP contribution in [0.4, 0.5) is 0 Å². The molecule has 0 saturated heterocycles. The van der Waals surface area contributed by atoms with E-state index in [1.165, 1.54) is 0 Å². The number of tetrazole rings is 1. The average Bonchev–Trinajstić information content (AvgIpc) is 3.33. The van der Waals surface area contributed by atoms with Gasteiger partial charge in [-0.1, -0.05) is 26.0 Å². The van der Waals surface area contributed by atoms with Crippen LogP contribution in [0.25, 0.3) is 0 Å². The zero-order chi connectivity index (χ0) is 21.0. The Morgan fingerprint density at radius 1 is 1.14 bits per heavy atom. The highest BCUT2D eigenvalue weighted by Gasteiger charge is 2.32. The summed E-state index contributed by atoms with van der Waals surface area (Å²) in [6, 6.07) is 12.1. The third-order valence-electron chi connectivity index (χ3n) is 4.88. The summed E-state index contributed by atoms with van der Waals surface area (Å²) in [7, 11) is 1.69. The Morgan fingerprint density at radius 2 is 1.93 bits per heavy atom. The van der Waals surface area contributed by atoms with Gasteiger partial charge < -0.3 is 9.15 Å². The smallest absolute Gasteiger partial charge is 0.169 e. The van der Waals surface area contributed by atoms with Crippen molar-refractivity contribution in [2.24, 2.45) is 5.92 Å². The molecule has 0 spiro atoms. The first-order valence-corrected chi connectivity index (χ1v) is 9.97. The molecule has 3 rings (SSSR count). The molecular weight excluding hydrogens is 366 g/mol. The van der Waals surface area contributed by atoms with Gasteiger partial charge in [-0.05, 0) is 66.9 Å². The standard InChI is InChI=1S/C22H31N5O2/c1-16(2)20(21-23-24-25-27(21)22(3,4)5)26(15-19-11-8-12-29-19)14-17-9-7-10-18(13-17)28-6/h7-13,16,20H,14-15H2,1-6H3/t20-/m0/s1. The highest BCUT2D eigenvalue weighted by atomic mass is 16.5. The molecule has 29 heavy (non-hydrogen) atoms. The minimum atomic E-state index is -0.210. The SMILES string of the molecule is COc1cccc(CN(Cc2ccco2)[C@H](c2nnnn2C(C)(C)C)C(C)C)c1. The van der Waals surface area contributed by atoms with Crippen molar-refractivity contribution in [1.82, 2.24) is 25.1 Å². The number of aromatic nitrogens is 4. The van der Waals surface area contributed by atoms with Crippen LogP contribution in [-0.2, 0) is 18.6 Å². The van der Waals surface area contributed by atoms with Crippen molar-refractivity contribution >= 4 is 0 Å². The number of furan rings is 1. The summed E-state index contributed by atoms with van der Waals surface area (Å²) in [6.45, 7) is 12.1. The normalized spacial score (nSPS) is 13.2.